The Morgan fingerprint density at radius 1 is 1.33 bits per heavy atom. The summed E-state index contributed by atoms with van der Waals surface area (Å²) in [6.07, 6.45) is -1.49. The number of rotatable bonds is 3. The molecule has 0 amide bonds. The van der Waals surface area contributed by atoms with Crippen LogP contribution < -0.4 is 10.6 Å². The van der Waals surface area contributed by atoms with Gasteiger partial charge in [0.2, 0.25) is 6.43 Å². The number of halogens is 3. The number of hydrogen-bond donors (Lipinski definition) is 1. The number of nitrogens with zero attached hydrogens (tertiary/aromatic N) is 1. The molecule has 0 saturated carbocycles. The normalized spacial score (nSPS) is 19.3. The predicted molar refractivity (Wildman–Crippen MR) is 70.4 cm³/mol. The Morgan fingerprint density at radius 2 is 2.00 bits per heavy atom. The van der Waals surface area contributed by atoms with Crippen LogP contribution in [0.1, 0.15) is 12.8 Å². The molecule has 2 N–H and O–H groups in total. The van der Waals surface area contributed by atoms with Gasteiger partial charge in [0.15, 0.2) is 0 Å². The van der Waals surface area contributed by atoms with E-state index in [1.807, 2.05) is 18.2 Å². The first-order chi connectivity index (χ1) is 8.57. The maximum atomic E-state index is 13.0. The maximum absolute atomic E-state index is 13.0. The molecule has 0 unspecified atom stereocenters. The summed E-state index contributed by atoms with van der Waals surface area (Å²) in [5, 5.41) is 0.664. The molecule has 0 aliphatic carbocycles. The summed E-state index contributed by atoms with van der Waals surface area (Å²) in [7, 11) is 0. The van der Waals surface area contributed by atoms with Crippen molar-refractivity contribution in [1.82, 2.24) is 0 Å². The average Bonchev–Trinajstić information content (AvgIpc) is 2.38. The van der Waals surface area contributed by atoms with Gasteiger partial charge in [0, 0.05) is 35.8 Å². The van der Waals surface area contributed by atoms with E-state index >= 15 is 0 Å². The van der Waals surface area contributed by atoms with E-state index in [1.165, 1.54) is 0 Å². The van der Waals surface area contributed by atoms with Crippen LogP contribution in [0.4, 0.5) is 14.5 Å². The molecule has 100 valence electrons. The van der Waals surface area contributed by atoms with E-state index in [0.717, 1.165) is 5.69 Å². The van der Waals surface area contributed by atoms with Crippen LogP contribution >= 0.6 is 11.6 Å². The highest BCUT2D eigenvalue weighted by Crippen LogP contribution is 2.38. The first-order valence-electron chi connectivity index (χ1n) is 6.06. The first-order valence-corrected chi connectivity index (χ1v) is 6.44. The maximum Gasteiger partial charge on any atom is 0.245 e. The van der Waals surface area contributed by atoms with Crippen molar-refractivity contribution in [3.8, 4) is 0 Å². The van der Waals surface area contributed by atoms with E-state index in [1.54, 1.807) is 6.07 Å². The molecule has 0 atom stereocenters. The van der Waals surface area contributed by atoms with E-state index in [9.17, 15) is 8.78 Å². The third-order valence-electron chi connectivity index (χ3n) is 3.80. The van der Waals surface area contributed by atoms with Crippen molar-refractivity contribution in [1.29, 1.82) is 0 Å². The Hall–Kier alpha value is -0.870. The van der Waals surface area contributed by atoms with Crippen LogP contribution in [0.5, 0.6) is 0 Å². The Labute approximate surface area is 111 Å². The largest absolute Gasteiger partial charge is 0.371 e. The van der Waals surface area contributed by atoms with Gasteiger partial charge in [0.1, 0.15) is 0 Å². The molecular formula is C13H17ClF2N2. The number of nitrogens with two attached hydrogens (primary N) is 1. The minimum Gasteiger partial charge on any atom is -0.371 e. The van der Waals surface area contributed by atoms with Crippen molar-refractivity contribution in [2.75, 3.05) is 24.5 Å². The number of benzene rings is 1. The number of alkyl halides is 2. The van der Waals surface area contributed by atoms with Crippen LogP contribution in [0.15, 0.2) is 24.3 Å². The fraction of sp³-hybridized carbons (Fsp3) is 0.538. The van der Waals surface area contributed by atoms with Crippen molar-refractivity contribution in [3.05, 3.63) is 29.3 Å². The lowest BCUT2D eigenvalue weighted by Crippen LogP contribution is -2.48. The lowest BCUT2D eigenvalue weighted by molar-refractivity contribution is -0.0160. The van der Waals surface area contributed by atoms with Gasteiger partial charge in [-0.1, -0.05) is 17.7 Å². The molecule has 1 aromatic carbocycles. The van der Waals surface area contributed by atoms with Gasteiger partial charge in [-0.2, -0.15) is 0 Å². The molecule has 0 radical (unpaired) electrons. The third kappa shape index (κ3) is 2.59. The molecule has 2 rings (SSSR count). The molecule has 1 saturated heterocycles. The third-order valence-corrected chi connectivity index (χ3v) is 4.04. The molecule has 1 fully saturated rings. The van der Waals surface area contributed by atoms with Gasteiger partial charge in [-0.15, -0.1) is 0 Å². The molecule has 1 heterocycles. The van der Waals surface area contributed by atoms with E-state index in [4.69, 9.17) is 17.3 Å². The van der Waals surface area contributed by atoms with E-state index in [-0.39, 0.29) is 6.54 Å². The fourth-order valence-electron chi connectivity index (χ4n) is 2.39. The molecule has 0 aromatic heterocycles. The minimum atomic E-state index is -2.34. The summed E-state index contributed by atoms with van der Waals surface area (Å²) < 4.78 is 26.1. The first kappa shape index (κ1) is 13.6. The summed E-state index contributed by atoms with van der Waals surface area (Å²) in [6, 6.07) is 7.48. The smallest absolute Gasteiger partial charge is 0.245 e. The molecule has 18 heavy (non-hydrogen) atoms. The zero-order chi connectivity index (χ0) is 13.2. The van der Waals surface area contributed by atoms with Crippen LogP contribution in [-0.4, -0.2) is 26.1 Å². The van der Waals surface area contributed by atoms with E-state index < -0.39 is 11.8 Å². The van der Waals surface area contributed by atoms with Gasteiger partial charge < -0.3 is 10.6 Å². The Kier molecular flexibility index (Phi) is 4.07. The highest BCUT2D eigenvalue weighted by Gasteiger charge is 2.41. The topological polar surface area (TPSA) is 29.3 Å². The highest BCUT2D eigenvalue weighted by molar-refractivity contribution is 6.30. The van der Waals surface area contributed by atoms with Crippen LogP contribution in [0.2, 0.25) is 5.02 Å². The number of anilines is 1. The summed E-state index contributed by atoms with van der Waals surface area (Å²) in [5.41, 5.74) is 5.51. The zero-order valence-corrected chi connectivity index (χ0v) is 10.8. The Balaban J connectivity index is 2.06. The molecule has 5 heteroatoms. The monoisotopic (exact) mass is 274 g/mol. The van der Waals surface area contributed by atoms with Crippen LogP contribution in [0, 0.1) is 5.41 Å². The molecule has 1 aromatic rings. The summed E-state index contributed by atoms with van der Waals surface area (Å²) >= 11 is 5.93. The van der Waals surface area contributed by atoms with E-state index in [2.05, 4.69) is 4.90 Å². The van der Waals surface area contributed by atoms with Gasteiger partial charge in [-0.25, -0.2) is 8.78 Å². The molecule has 1 aliphatic rings. The molecular weight excluding hydrogens is 258 g/mol. The zero-order valence-electron chi connectivity index (χ0n) is 10.1. The van der Waals surface area contributed by atoms with Crippen molar-refractivity contribution in [2.24, 2.45) is 11.1 Å². The van der Waals surface area contributed by atoms with Crippen molar-refractivity contribution in [3.63, 3.8) is 0 Å². The van der Waals surface area contributed by atoms with Crippen molar-refractivity contribution >= 4 is 17.3 Å². The number of hydrogen-bond acceptors (Lipinski definition) is 2. The SMILES string of the molecule is NCC1(C(F)F)CCN(c2cccc(Cl)c2)CC1. The second kappa shape index (κ2) is 5.41. The van der Waals surface area contributed by atoms with Gasteiger partial charge in [-0.3, -0.25) is 0 Å². The van der Waals surface area contributed by atoms with Gasteiger partial charge in [0.25, 0.3) is 0 Å². The predicted octanol–water partition coefficient (Wildman–Crippen LogP) is 3.15. The Bertz CT molecular complexity index is 404. The van der Waals surface area contributed by atoms with Crippen LogP contribution in [-0.2, 0) is 0 Å². The second-order valence-corrected chi connectivity index (χ2v) is 5.27. The van der Waals surface area contributed by atoms with Gasteiger partial charge in [-0.05, 0) is 31.0 Å². The van der Waals surface area contributed by atoms with Crippen LogP contribution in [0.3, 0.4) is 0 Å². The van der Waals surface area contributed by atoms with Gasteiger partial charge in [0.05, 0.1) is 0 Å². The van der Waals surface area contributed by atoms with Crippen molar-refractivity contribution < 1.29 is 8.78 Å². The molecule has 0 spiro atoms. The highest BCUT2D eigenvalue weighted by atomic mass is 35.5. The average molecular weight is 275 g/mol. The lowest BCUT2D eigenvalue weighted by Gasteiger charge is -2.41. The molecule has 2 nitrogen and oxygen atoms in total. The van der Waals surface area contributed by atoms with Gasteiger partial charge >= 0.3 is 0 Å². The standard InChI is InChI=1S/C13H17ClF2N2/c14-10-2-1-3-11(8-10)18-6-4-13(9-17,5-7-18)12(15)16/h1-3,8,12H,4-7,9,17H2. The van der Waals surface area contributed by atoms with E-state index in [0.29, 0.717) is 31.0 Å². The van der Waals surface area contributed by atoms with Crippen LogP contribution in [0.25, 0.3) is 0 Å². The quantitative estimate of drug-likeness (QED) is 0.917. The lowest BCUT2D eigenvalue weighted by atomic mass is 9.78. The summed E-state index contributed by atoms with van der Waals surface area (Å²) in [4.78, 5) is 2.09. The van der Waals surface area contributed by atoms with Crippen molar-refractivity contribution in [2.45, 2.75) is 19.3 Å². The fourth-order valence-corrected chi connectivity index (χ4v) is 2.58. The minimum absolute atomic E-state index is 0.0497. The summed E-state index contributed by atoms with van der Waals surface area (Å²) in [6.45, 7) is 1.25. The Morgan fingerprint density at radius 3 is 2.50 bits per heavy atom. The second-order valence-electron chi connectivity index (χ2n) is 4.83. The molecule has 0 bridgehead atoms. The molecule has 1 aliphatic heterocycles. The summed E-state index contributed by atoms with van der Waals surface area (Å²) in [5.74, 6) is 0. The number of piperidine rings is 1.